The minimum Gasteiger partial charge on any atom is -0.0839 e. The van der Waals surface area contributed by atoms with Gasteiger partial charge in [0.1, 0.15) is 0 Å². The summed E-state index contributed by atoms with van der Waals surface area (Å²) in [5.41, 5.74) is 19.3. The maximum atomic E-state index is 2.62. The van der Waals surface area contributed by atoms with E-state index in [2.05, 4.69) is 107 Å². The normalized spacial score (nSPS) is 24.7. The number of hydrogen-bond acceptors (Lipinski definition) is 0. The molecule has 0 nitrogen and oxygen atoms in total. The van der Waals surface area contributed by atoms with Crippen LogP contribution in [0.15, 0.2) is 111 Å². The molecule has 1 unspecified atom stereocenters. The Morgan fingerprint density at radius 3 is 2.24 bits per heavy atom. The van der Waals surface area contributed by atoms with E-state index >= 15 is 0 Å². The third kappa shape index (κ3) is 4.17. The fourth-order valence-electron chi connectivity index (χ4n) is 9.70. The average molecular weight is 587 g/mol. The third-order valence-corrected chi connectivity index (χ3v) is 12.2. The molecule has 0 saturated carbocycles. The van der Waals surface area contributed by atoms with E-state index in [1.54, 1.807) is 55.7 Å². The Labute approximate surface area is 269 Å². The number of rotatable bonds is 2. The van der Waals surface area contributed by atoms with E-state index in [1.807, 2.05) is 0 Å². The fraction of sp³-hybridized carbons (Fsp3) is 0.378. The van der Waals surface area contributed by atoms with Crippen LogP contribution in [0.1, 0.15) is 109 Å². The van der Waals surface area contributed by atoms with Crippen molar-refractivity contribution >= 4 is 28.5 Å². The van der Waals surface area contributed by atoms with Gasteiger partial charge in [-0.3, -0.25) is 0 Å². The van der Waals surface area contributed by atoms with Crippen molar-refractivity contribution in [3.8, 4) is 0 Å². The van der Waals surface area contributed by atoms with Gasteiger partial charge in [0.15, 0.2) is 0 Å². The van der Waals surface area contributed by atoms with Crippen LogP contribution in [0.25, 0.3) is 28.5 Å². The second-order valence-electron chi connectivity index (χ2n) is 16.2. The van der Waals surface area contributed by atoms with Crippen molar-refractivity contribution in [1.82, 2.24) is 0 Å². The quantitative estimate of drug-likeness (QED) is 0.328. The van der Waals surface area contributed by atoms with Gasteiger partial charge in [-0.05, 0) is 151 Å². The summed E-state index contributed by atoms with van der Waals surface area (Å²) in [7, 11) is 0. The first-order chi connectivity index (χ1) is 21.7. The van der Waals surface area contributed by atoms with Crippen molar-refractivity contribution in [2.24, 2.45) is 10.8 Å². The van der Waals surface area contributed by atoms with E-state index < -0.39 is 0 Å². The summed E-state index contributed by atoms with van der Waals surface area (Å²) >= 11 is 0. The summed E-state index contributed by atoms with van der Waals surface area (Å²) in [5.74, 6) is 0.496. The molecule has 0 spiro atoms. The summed E-state index contributed by atoms with van der Waals surface area (Å²) in [6, 6.07) is 9.55. The van der Waals surface area contributed by atoms with E-state index in [0.29, 0.717) is 5.92 Å². The van der Waals surface area contributed by atoms with Crippen molar-refractivity contribution in [3.05, 3.63) is 132 Å². The van der Waals surface area contributed by atoms with Crippen LogP contribution in [-0.2, 0) is 0 Å². The number of allylic oxidation sites excluding steroid dienone is 16. The smallest absolute Gasteiger partial charge is 0.0152 e. The Morgan fingerprint density at radius 1 is 0.711 bits per heavy atom. The van der Waals surface area contributed by atoms with Gasteiger partial charge in [-0.25, -0.2) is 0 Å². The Hall–Kier alpha value is -3.64. The van der Waals surface area contributed by atoms with E-state index in [0.717, 1.165) is 19.3 Å². The van der Waals surface area contributed by atoms with Gasteiger partial charge < -0.3 is 0 Å². The summed E-state index contributed by atoms with van der Waals surface area (Å²) < 4.78 is 0. The SMILES string of the molecule is CC(C)(C)C1=CC2CC=c3c(C4=CC5=C(C=C(C6=CC7=C(CC6)C6=C(C=CCC6)C7(C)C)CC5)CC4)ccc4ccc(c2c34)=C1. The Balaban J connectivity index is 1.07. The lowest BCUT2D eigenvalue weighted by molar-refractivity contribution is 0.517. The molecule has 0 aromatic heterocycles. The maximum absolute atomic E-state index is 2.62. The Morgan fingerprint density at radius 2 is 1.42 bits per heavy atom. The molecule has 0 bridgehead atoms. The summed E-state index contributed by atoms with van der Waals surface area (Å²) in [5, 5.41) is 5.83. The molecule has 7 aliphatic rings. The van der Waals surface area contributed by atoms with Crippen molar-refractivity contribution in [2.45, 2.75) is 98.3 Å². The molecule has 0 amide bonds. The van der Waals surface area contributed by atoms with Gasteiger partial charge in [0.25, 0.3) is 0 Å². The molecular weight excluding hydrogens is 540 g/mol. The fourth-order valence-corrected chi connectivity index (χ4v) is 9.70. The molecule has 0 N–H and O–H groups in total. The van der Waals surface area contributed by atoms with Gasteiger partial charge >= 0.3 is 0 Å². The van der Waals surface area contributed by atoms with Crippen molar-refractivity contribution in [3.63, 3.8) is 0 Å². The molecule has 0 radical (unpaired) electrons. The second kappa shape index (κ2) is 9.68. The number of hydrogen-bond donors (Lipinski definition) is 0. The second-order valence-corrected chi connectivity index (χ2v) is 16.2. The Bertz CT molecular complexity index is 2110. The van der Waals surface area contributed by atoms with E-state index in [4.69, 9.17) is 0 Å². The lowest BCUT2D eigenvalue weighted by atomic mass is 9.74. The Kier molecular flexibility index (Phi) is 5.95. The van der Waals surface area contributed by atoms with Crippen LogP contribution >= 0.6 is 0 Å². The molecular formula is C45H46. The van der Waals surface area contributed by atoms with Gasteiger partial charge in [-0.1, -0.05) is 107 Å². The van der Waals surface area contributed by atoms with Gasteiger partial charge in [-0.15, -0.1) is 0 Å². The first kappa shape index (κ1) is 27.7. The number of benzene rings is 2. The minimum absolute atomic E-state index is 0.148. The maximum Gasteiger partial charge on any atom is 0.0152 e. The van der Waals surface area contributed by atoms with E-state index in [-0.39, 0.29) is 10.8 Å². The number of fused-ring (bicyclic) bond motifs is 1. The lowest BCUT2D eigenvalue weighted by Crippen LogP contribution is -2.27. The highest BCUT2D eigenvalue weighted by molar-refractivity contribution is 5.93. The molecule has 0 fully saturated rings. The zero-order valence-corrected chi connectivity index (χ0v) is 27.9. The van der Waals surface area contributed by atoms with Crippen LogP contribution in [0.4, 0.5) is 0 Å². The molecule has 0 heteroatoms. The largest absolute Gasteiger partial charge is 0.0839 e. The highest BCUT2D eigenvalue weighted by Crippen LogP contribution is 2.55. The molecule has 9 rings (SSSR count). The van der Waals surface area contributed by atoms with E-state index in [9.17, 15) is 0 Å². The monoisotopic (exact) mass is 586 g/mol. The van der Waals surface area contributed by atoms with Gasteiger partial charge in [0, 0.05) is 11.3 Å². The first-order valence-electron chi connectivity index (χ1n) is 17.7. The summed E-state index contributed by atoms with van der Waals surface area (Å²) in [6.45, 7) is 11.9. The molecule has 2 aromatic rings. The highest BCUT2D eigenvalue weighted by atomic mass is 14.4. The lowest BCUT2D eigenvalue weighted by Gasteiger charge is -2.31. The van der Waals surface area contributed by atoms with Crippen LogP contribution in [-0.4, -0.2) is 0 Å². The van der Waals surface area contributed by atoms with E-state index in [1.165, 1.54) is 70.9 Å². The summed E-state index contributed by atoms with van der Waals surface area (Å²) in [6.07, 6.45) is 30.8. The molecule has 7 aliphatic carbocycles. The molecule has 0 heterocycles. The van der Waals surface area contributed by atoms with Crippen molar-refractivity contribution < 1.29 is 0 Å². The predicted molar refractivity (Wildman–Crippen MR) is 192 cm³/mol. The first-order valence-corrected chi connectivity index (χ1v) is 17.7. The van der Waals surface area contributed by atoms with Crippen LogP contribution in [0, 0.1) is 10.8 Å². The third-order valence-electron chi connectivity index (χ3n) is 12.2. The molecule has 226 valence electrons. The molecule has 0 saturated heterocycles. The van der Waals surface area contributed by atoms with Crippen molar-refractivity contribution in [2.75, 3.05) is 0 Å². The minimum atomic E-state index is 0.148. The summed E-state index contributed by atoms with van der Waals surface area (Å²) in [4.78, 5) is 0. The zero-order valence-electron chi connectivity index (χ0n) is 27.9. The standard InChI is InChI=1S/C45H46/c1-44(2,3)35-24-33-15-10-27-16-19-36(39-21-18-34(25-35)42(33)43(27)39)32-14-13-28-22-29(11-12-30(28)23-32)31-17-20-38-37-8-6-7-9-40(37)45(4,5)41(38)26-31/h7,9-10,15-16,19,21-26,34H,6,8,11-14,17-18,20H2,1-5H3. The predicted octanol–water partition coefficient (Wildman–Crippen LogP) is 10.8. The molecule has 45 heavy (non-hydrogen) atoms. The van der Waals surface area contributed by atoms with Crippen LogP contribution in [0.2, 0.25) is 0 Å². The molecule has 0 aliphatic heterocycles. The van der Waals surface area contributed by atoms with Crippen LogP contribution in [0.5, 0.6) is 0 Å². The molecule has 1 atom stereocenters. The van der Waals surface area contributed by atoms with Crippen LogP contribution < -0.4 is 10.4 Å². The molecule has 2 aromatic carbocycles. The average Bonchev–Trinajstić information content (AvgIpc) is 3.28. The van der Waals surface area contributed by atoms with Gasteiger partial charge in [0.2, 0.25) is 0 Å². The zero-order chi connectivity index (χ0) is 30.7. The van der Waals surface area contributed by atoms with Crippen LogP contribution in [0.3, 0.4) is 0 Å². The van der Waals surface area contributed by atoms with Gasteiger partial charge in [0.05, 0.1) is 0 Å². The van der Waals surface area contributed by atoms with Crippen molar-refractivity contribution in [1.29, 1.82) is 0 Å². The topological polar surface area (TPSA) is 0 Å². The van der Waals surface area contributed by atoms with Gasteiger partial charge in [-0.2, -0.15) is 0 Å². The highest BCUT2D eigenvalue weighted by Gasteiger charge is 2.39.